The molecule has 1 amide bonds. The first-order valence-corrected chi connectivity index (χ1v) is 4.55. The SMILES string of the molecule is Cc1ncn(CCC(N)C(N)=O)c1C. The second-order valence-corrected chi connectivity index (χ2v) is 3.41. The maximum absolute atomic E-state index is 10.7. The number of carbonyl (C=O) groups excluding carboxylic acids is 1. The topological polar surface area (TPSA) is 86.9 Å². The van der Waals surface area contributed by atoms with E-state index < -0.39 is 11.9 Å². The quantitative estimate of drug-likeness (QED) is 0.693. The van der Waals surface area contributed by atoms with Gasteiger partial charge in [0.15, 0.2) is 0 Å². The Balaban J connectivity index is 2.54. The minimum Gasteiger partial charge on any atom is -0.368 e. The lowest BCUT2D eigenvalue weighted by Gasteiger charge is -2.09. The molecule has 5 nitrogen and oxygen atoms in total. The molecule has 78 valence electrons. The Kier molecular flexibility index (Phi) is 3.24. The highest BCUT2D eigenvalue weighted by molar-refractivity contribution is 5.79. The molecule has 0 fully saturated rings. The van der Waals surface area contributed by atoms with Crippen LogP contribution in [0.25, 0.3) is 0 Å². The van der Waals surface area contributed by atoms with Crippen molar-refractivity contribution in [2.24, 2.45) is 11.5 Å². The van der Waals surface area contributed by atoms with Crippen LogP contribution >= 0.6 is 0 Å². The van der Waals surface area contributed by atoms with Crippen LogP contribution in [0.4, 0.5) is 0 Å². The lowest BCUT2D eigenvalue weighted by molar-refractivity contribution is -0.119. The minimum atomic E-state index is -0.572. The average Bonchev–Trinajstić information content (AvgIpc) is 2.44. The molecule has 0 aliphatic rings. The Morgan fingerprint density at radius 3 is 2.71 bits per heavy atom. The van der Waals surface area contributed by atoms with Crippen LogP contribution in [0.15, 0.2) is 6.33 Å². The fourth-order valence-electron chi connectivity index (χ4n) is 1.19. The maximum atomic E-state index is 10.7. The lowest BCUT2D eigenvalue weighted by Crippen LogP contribution is -2.37. The van der Waals surface area contributed by atoms with Gasteiger partial charge in [-0.05, 0) is 20.3 Å². The molecule has 0 aliphatic heterocycles. The Bertz CT molecular complexity index is 332. The smallest absolute Gasteiger partial charge is 0.234 e. The molecule has 0 aliphatic carbocycles. The average molecular weight is 196 g/mol. The predicted octanol–water partition coefficient (Wildman–Crippen LogP) is -0.297. The van der Waals surface area contributed by atoms with Crippen molar-refractivity contribution in [3.05, 3.63) is 17.7 Å². The monoisotopic (exact) mass is 196 g/mol. The molecule has 0 saturated heterocycles. The van der Waals surface area contributed by atoms with E-state index in [4.69, 9.17) is 11.5 Å². The van der Waals surface area contributed by atoms with Crippen LogP contribution < -0.4 is 11.5 Å². The zero-order valence-electron chi connectivity index (χ0n) is 8.53. The third kappa shape index (κ3) is 2.32. The molecule has 0 bridgehead atoms. The van der Waals surface area contributed by atoms with Crippen molar-refractivity contribution in [2.75, 3.05) is 0 Å². The summed E-state index contributed by atoms with van der Waals surface area (Å²) in [4.78, 5) is 14.8. The zero-order valence-corrected chi connectivity index (χ0v) is 8.53. The van der Waals surface area contributed by atoms with Crippen molar-refractivity contribution in [3.8, 4) is 0 Å². The first-order chi connectivity index (χ1) is 6.52. The minimum absolute atomic E-state index is 0.459. The van der Waals surface area contributed by atoms with Crippen LogP contribution in [0.3, 0.4) is 0 Å². The van der Waals surface area contributed by atoms with Crippen molar-refractivity contribution in [3.63, 3.8) is 0 Å². The third-order valence-corrected chi connectivity index (χ3v) is 2.39. The normalized spacial score (nSPS) is 12.8. The Morgan fingerprint density at radius 2 is 2.29 bits per heavy atom. The van der Waals surface area contributed by atoms with Crippen LogP contribution in [0.2, 0.25) is 0 Å². The molecule has 1 aromatic rings. The Labute approximate surface area is 83.1 Å². The van der Waals surface area contributed by atoms with Gasteiger partial charge in [-0.25, -0.2) is 4.98 Å². The van der Waals surface area contributed by atoms with Gasteiger partial charge in [0.25, 0.3) is 0 Å². The van der Waals surface area contributed by atoms with Crippen molar-refractivity contribution in [1.82, 2.24) is 9.55 Å². The second-order valence-electron chi connectivity index (χ2n) is 3.41. The van der Waals surface area contributed by atoms with E-state index in [9.17, 15) is 4.79 Å². The summed E-state index contributed by atoms with van der Waals surface area (Å²) in [6, 6.07) is -0.572. The second kappa shape index (κ2) is 4.23. The van der Waals surface area contributed by atoms with E-state index in [1.165, 1.54) is 0 Å². The van der Waals surface area contributed by atoms with E-state index in [1.807, 2.05) is 18.4 Å². The summed E-state index contributed by atoms with van der Waals surface area (Å²) in [6.07, 6.45) is 2.30. The highest BCUT2D eigenvalue weighted by Crippen LogP contribution is 2.05. The number of nitrogens with two attached hydrogens (primary N) is 2. The van der Waals surface area contributed by atoms with E-state index in [0.717, 1.165) is 11.4 Å². The van der Waals surface area contributed by atoms with Gasteiger partial charge in [0, 0.05) is 12.2 Å². The fraction of sp³-hybridized carbons (Fsp3) is 0.556. The molecule has 0 saturated carbocycles. The molecule has 0 aromatic carbocycles. The van der Waals surface area contributed by atoms with Crippen molar-refractivity contribution in [1.29, 1.82) is 0 Å². The lowest BCUT2D eigenvalue weighted by atomic mass is 10.2. The largest absolute Gasteiger partial charge is 0.368 e. The summed E-state index contributed by atoms with van der Waals surface area (Å²) in [5.41, 5.74) is 12.7. The number of amides is 1. The number of primary amides is 1. The van der Waals surface area contributed by atoms with Crippen molar-refractivity contribution in [2.45, 2.75) is 32.9 Å². The first-order valence-electron chi connectivity index (χ1n) is 4.55. The molecule has 1 heterocycles. The van der Waals surface area contributed by atoms with Gasteiger partial charge < -0.3 is 16.0 Å². The highest BCUT2D eigenvalue weighted by Gasteiger charge is 2.09. The summed E-state index contributed by atoms with van der Waals surface area (Å²) in [6.45, 7) is 4.61. The van der Waals surface area contributed by atoms with Gasteiger partial charge in [-0.2, -0.15) is 0 Å². The van der Waals surface area contributed by atoms with Crippen LogP contribution in [-0.2, 0) is 11.3 Å². The van der Waals surface area contributed by atoms with Crippen molar-refractivity contribution >= 4 is 5.91 Å². The molecule has 0 spiro atoms. The number of carbonyl (C=O) groups is 1. The van der Waals surface area contributed by atoms with Gasteiger partial charge in [-0.1, -0.05) is 0 Å². The number of rotatable bonds is 4. The molecule has 4 N–H and O–H groups in total. The summed E-state index contributed by atoms with van der Waals surface area (Å²) < 4.78 is 1.97. The van der Waals surface area contributed by atoms with Gasteiger partial charge in [0.05, 0.1) is 18.1 Å². The molecule has 1 rings (SSSR count). The summed E-state index contributed by atoms with van der Waals surface area (Å²) in [7, 11) is 0. The summed E-state index contributed by atoms with van der Waals surface area (Å²) in [5.74, 6) is -0.459. The van der Waals surface area contributed by atoms with Gasteiger partial charge in [0.1, 0.15) is 0 Å². The molecular formula is C9H16N4O. The summed E-state index contributed by atoms with van der Waals surface area (Å²) >= 11 is 0. The van der Waals surface area contributed by atoms with Crippen LogP contribution in [0.5, 0.6) is 0 Å². The standard InChI is InChI=1S/C9H16N4O/c1-6-7(2)13(5-12-6)4-3-8(10)9(11)14/h5,8H,3-4,10H2,1-2H3,(H2,11,14). The van der Waals surface area contributed by atoms with Gasteiger partial charge >= 0.3 is 0 Å². The van der Waals surface area contributed by atoms with Gasteiger partial charge in [0.2, 0.25) is 5.91 Å². The number of aromatic nitrogens is 2. The summed E-state index contributed by atoms with van der Waals surface area (Å²) in [5, 5.41) is 0. The number of hydrogen-bond acceptors (Lipinski definition) is 3. The number of nitrogens with zero attached hydrogens (tertiary/aromatic N) is 2. The molecule has 14 heavy (non-hydrogen) atoms. The molecular weight excluding hydrogens is 180 g/mol. The molecule has 1 unspecified atom stereocenters. The predicted molar refractivity (Wildman–Crippen MR) is 53.5 cm³/mol. The van der Waals surface area contributed by atoms with E-state index in [1.54, 1.807) is 6.33 Å². The fourth-order valence-corrected chi connectivity index (χ4v) is 1.19. The van der Waals surface area contributed by atoms with E-state index >= 15 is 0 Å². The maximum Gasteiger partial charge on any atom is 0.234 e. The van der Waals surface area contributed by atoms with Crippen LogP contribution in [0, 0.1) is 13.8 Å². The van der Waals surface area contributed by atoms with E-state index in [2.05, 4.69) is 4.98 Å². The van der Waals surface area contributed by atoms with Crippen LogP contribution in [-0.4, -0.2) is 21.5 Å². The number of aryl methyl sites for hydroxylation is 2. The van der Waals surface area contributed by atoms with Crippen molar-refractivity contribution < 1.29 is 4.79 Å². The number of hydrogen-bond donors (Lipinski definition) is 2. The van der Waals surface area contributed by atoms with Crippen LogP contribution in [0.1, 0.15) is 17.8 Å². The Morgan fingerprint density at radius 1 is 1.64 bits per heavy atom. The molecule has 5 heteroatoms. The number of imidazole rings is 1. The molecule has 1 atom stereocenters. The molecule has 0 radical (unpaired) electrons. The Hall–Kier alpha value is -1.36. The molecule has 1 aromatic heterocycles. The van der Waals surface area contributed by atoms with Gasteiger partial charge in [-0.15, -0.1) is 0 Å². The van der Waals surface area contributed by atoms with E-state index in [-0.39, 0.29) is 0 Å². The van der Waals surface area contributed by atoms with E-state index in [0.29, 0.717) is 13.0 Å². The third-order valence-electron chi connectivity index (χ3n) is 2.39. The highest BCUT2D eigenvalue weighted by atomic mass is 16.1. The first kappa shape index (κ1) is 10.7. The zero-order chi connectivity index (χ0) is 10.7. The van der Waals surface area contributed by atoms with Gasteiger partial charge in [-0.3, -0.25) is 4.79 Å².